The van der Waals surface area contributed by atoms with E-state index >= 15 is 0 Å². The number of carbonyl (C=O) groups excluding carboxylic acids is 1. The van der Waals surface area contributed by atoms with Gasteiger partial charge in [0.1, 0.15) is 0 Å². The van der Waals surface area contributed by atoms with Crippen molar-refractivity contribution in [2.24, 2.45) is 0 Å². The molecule has 0 aliphatic heterocycles. The normalized spacial score (nSPS) is 10.1. The summed E-state index contributed by atoms with van der Waals surface area (Å²) in [6.07, 6.45) is 0. The number of nitrogens with one attached hydrogen (secondary N) is 1. The van der Waals surface area contributed by atoms with Crippen molar-refractivity contribution < 1.29 is 9.21 Å². The molecule has 0 unspecified atom stereocenters. The van der Waals surface area contributed by atoms with E-state index < -0.39 is 5.91 Å². The van der Waals surface area contributed by atoms with Gasteiger partial charge in [0.05, 0.1) is 0 Å². The topological polar surface area (TPSA) is 68.0 Å². The number of anilines is 1. The summed E-state index contributed by atoms with van der Waals surface area (Å²) in [7, 11) is 0. The second-order valence-corrected chi connectivity index (χ2v) is 4.00. The van der Waals surface area contributed by atoms with E-state index in [9.17, 15) is 4.79 Å². The summed E-state index contributed by atoms with van der Waals surface area (Å²) in [6, 6.07) is 7.19. The minimum atomic E-state index is -0.414. The Morgan fingerprint density at radius 3 is 2.56 bits per heavy atom. The minimum absolute atomic E-state index is 0.0413. The first-order valence-electron chi connectivity index (χ1n) is 4.52. The van der Waals surface area contributed by atoms with Crippen molar-refractivity contribution >= 4 is 27.5 Å². The molecule has 2 rings (SSSR count). The fraction of sp³-hybridized carbons (Fsp3) is 0.100. The number of benzene rings is 1. The quantitative estimate of drug-likeness (QED) is 0.918. The third kappa shape index (κ3) is 2.46. The molecule has 1 aromatic heterocycles. The predicted molar refractivity (Wildman–Crippen MR) is 61.1 cm³/mol. The number of rotatable bonds is 2. The number of aryl methyl sites for hydroxylation is 1. The van der Waals surface area contributed by atoms with E-state index in [2.05, 4.69) is 31.4 Å². The van der Waals surface area contributed by atoms with Gasteiger partial charge >= 0.3 is 11.8 Å². The maximum atomic E-state index is 11.6. The molecule has 0 aliphatic rings. The lowest BCUT2D eigenvalue weighted by Gasteiger charge is -2.01. The van der Waals surface area contributed by atoms with Crippen molar-refractivity contribution in [3.8, 4) is 0 Å². The Morgan fingerprint density at radius 2 is 2.00 bits per heavy atom. The fourth-order valence-corrected chi connectivity index (χ4v) is 1.37. The van der Waals surface area contributed by atoms with Crippen LogP contribution in [0, 0.1) is 6.92 Å². The molecule has 0 saturated heterocycles. The summed E-state index contributed by atoms with van der Waals surface area (Å²) in [6.45, 7) is 1.63. The molecule has 0 radical (unpaired) electrons. The van der Waals surface area contributed by atoms with Crippen molar-refractivity contribution in [3.63, 3.8) is 0 Å². The van der Waals surface area contributed by atoms with Crippen LogP contribution < -0.4 is 5.32 Å². The molecule has 0 bridgehead atoms. The number of nitrogens with zero attached hydrogens (tertiary/aromatic N) is 2. The molecule has 6 heteroatoms. The van der Waals surface area contributed by atoms with Gasteiger partial charge in [-0.25, -0.2) is 0 Å². The number of hydrogen-bond acceptors (Lipinski definition) is 4. The van der Waals surface area contributed by atoms with E-state index in [1.165, 1.54) is 0 Å². The lowest BCUT2D eigenvalue weighted by molar-refractivity contribution is 0.0989. The molecule has 0 spiro atoms. The number of hydrogen-bond donors (Lipinski definition) is 1. The van der Waals surface area contributed by atoms with E-state index in [1.807, 2.05) is 12.1 Å². The van der Waals surface area contributed by atoms with Gasteiger partial charge < -0.3 is 9.73 Å². The first kappa shape index (κ1) is 10.8. The molecule has 0 atom stereocenters. The Bertz CT molecular complexity index is 507. The van der Waals surface area contributed by atoms with Gasteiger partial charge in [-0.3, -0.25) is 4.79 Å². The van der Waals surface area contributed by atoms with Gasteiger partial charge in [-0.1, -0.05) is 15.9 Å². The van der Waals surface area contributed by atoms with Crippen molar-refractivity contribution in [1.82, 2.24) is 10.2 Å². The van der Waals surface area contributed by atoms with Crippen LogP contribution in [0.2, 0.25) is 0 Å². The fourth-order valence-electron chi connectivity index (χ4n) is 1.11. The minimum Gasteiger partial charge on any atom is -0.417 e. The summed E-state index contributed by atoms with van der Waals surface area (Å²) >= 11 is 3.31. The SMILES string of the molecule is Cc1nnc(C(=O)Nc2ccc(Br)cc2)o1. The second kappa shape index (κ2) is 4.44. The Hall–Kier alpha value is -1.69. The molecular formula is C10H8BrN3O2. The summed E-state index contributed by atoms with van der Waals surface area (Å²) in [5.41, 5.74) is 0.670. The molecule has 1 aromatic carbocycles. The van der Waals surface area contributed by atoms with Gasteiger partial charge in [-0.2, -0.15) is 0 Å². The maximum Gasteiger partial charge on any atom is 0.313 e. The Morgan fingerprint density at radius 1 is 1.31 bits per heavy atom. The zero-order valence-electron chi connectivity index (χ0n) is 8.40. The molecule has 5 nitrogen and oxygen atoms in total. The zero-order chi connectivity index (χ0) is 11.5. The summed E-state index contributed by atoms with van der Waals surface area (Å²) in [5.74, 6) is -0.0932. The molecule has 16 heavy (non-hydrogen) atoms. The number of amides is 1. The highest BCUT2D eigenvalue weighted by Gasteiger charge is 2.12. The van der Waals surface area contributed by atoms with Gasteiger partial charge in [0.15, 0.2) is 0 Å². The molecule has 0 saturated carbocycles. The molecule has 1 N–H and O–H groups in total. The van der Waals surface area contributed by atoms with E-state index in [0.29, 0.717) is 11.6 Å². The molecule has 0 fully saturated rings. The van der Waals surface area contributed by atoms with Crippen LogP contribution in [0.5, 0.6) is 0 Å². The van der Waals surface area contributed by atoms with E-state index in [1.54, 1.807) is 19.1 Å². The third-order valence-electron chi connectivity index (χ3n) is 1.82. The van der Waals surface area contributed by atoms with Gasteiger partial charge in [0, 0.05) is 17.1 Å². The van der Waals surface area contributed by atoms with Crippen molar-refractivity contribution in [2.45, 2.75) is 6.92 Å². The Kier molecular flexibility index (Phi) is 3.00. The predicted octanol–water partition coefficient (Wildman–Crippen LogP) is 2.39. The molecule has 1 amide bonds. The lowest BCUT2D eigenvalue weighted by Crippen LogP contribution is -2.12. The summed E-state index contributed by atoms with van der Waals surface area (Å²) in [5, 5.41) is 9.84. The zero-order valence-corrected chi connectivity index (χ0v) is 9.98. The van der Waals surface area contributed by atoms with Crippen LogP contribution in [0.4, 0.5) is 5.69 Å². The first-order valence-corrected chi connectivity index (χ1v) is 5.31. The van der Waals surface area contributed by atoms with Crippen LogP contribution in [0.1, 0.15) is 16.6 Å². The smallest absolute Gasteiger partial charge is 0.313 e. The van der Waals surface area contributed by atoms with Gasteiger partial charge in [-0.05, 0) is 24.3 Å². The van der Waals surface area contributed by atoms with Crippen LogP contribution >= 0.6 is 15.9 Å². The number of carbonyl (C=O) groups is 1. The van der Waals surface area contributed by atoms with Gasteiger partial charge in [0.25, 0.3) is 0 Å². The van der Waals surface area contributed by atoms with Crippen LogP contribution in [-0.4, -0.2) is 16.1 Å². The number of aromatic nitrogens is 2. The molecular weight excluding hydrogens is 274 g/mol. The Balaban J connectivity index is 2.10. The van der Waals surface area contributed by atoms with Crippen molar-refractivity contribution in [3.05, 3.63) is 40.5 Å². The highest BCUT2D eigenvalue weighted by Crippen LogP contribution is 2.14. The van der Waals surface area contributed by atoms with E-state index in [4.69, 9.17) is 4.42 Å². The molecule has 1 heterocycles. The van der Waals surface area contributed by atoms with Crippen LogP contribution in [0.3, 0.4) is 0 Å². The summed E-state index contributed by atoms with van der Waals surface area (Å²) in [4.78, 5) is 11.6. The van der Waals surface area contributed by atoms with Crippen molar-refractivity contribution in [1.29, 1.82) is 0 Å². The average Bonchev–Trinajstić information content (AvgIpc) is 2.68. The summed E-state index contributed by atoms with van der Waals surface area (Å²) < 4.78 is 5.94. The highest BCUT2D eigenvalue weighted by atomic mass is 79.9. The third-order valence-corrected chi connectivity index (χ3v) is 2.35. The first-order chi connectivity index (χ1) is 7.65. The average molecular weight is 282 g/mol. The van der Waals surface area contributed by atoms with Gasteiger partial charge in [0.2, 0.25) is 5.89 Å². The standard InChI is InChI=1S/C10H8BrN3O2/c1-6-13-14-10(16-6)9(15)12-8-4-2-7(11)3-5-8/h2-5H,1H3,(H,12,15). The Labute approximate surface area is 100.0 Å². The van der Waals surface area contributed by atoms with Crippen LogP contribution in [0.25, 0.3) is 0 Å². The lowest BCUT2D eigenvalue weighted by atomic mass is 10.3. The van der Waals surface area contributed by atoms with E-state index in [-0.39, 0.29) is 5.89 Å². The molecule has 82 valence electrons. The monoisotopic (exact) mass is 281 g/mol. The van der Waals surface area contributed by atoms with Gasteiger partial charge in [-0.15, -0.1) is 10.2 Å². The van der Waals surface area contributed by atoms with E-state index in [0.717, 1.165) is 4.47 Å². The second-order valence-electron chi connectivity index (χ2n) is 3.09. The number of halogens is 1. The molecule has 2 aromatic rings. The largest absolute Gasteiger partial charge is 0.417 e. The van der Waals surface area contributed by atoms with Crippen LogP contribution in [-0.2, 0) is 0 Å². The highest BCUT2D eigenvalue weighted by molar-refractivity contribution is 9.10. The van der Waals surface area contributed by atoms with Crippen molar-refractivity contribution in [2.75, 3.05) is 5.32 Å². The maximum absolute atomic E-state index is 11.6. The molecule has 0 aliphatic carbocycles. The van der Waals surface area contributed by atoms with Crippen LogP contribution in [0.15, 0.2) is 33.2 Å².